The highest BCUT2D eigenvalue weighted by atomic mass is 79.9. The van der Waals surface area contributed by atoms with E-state index < -0.39 is 0 Å². The van der Waals surface area contributed by atoms with E-state index in [9.17, 15) is 4.39 Å². The molecule has 0 amide bonds. The minimum atomic E-state index is -0.122. The first kappa shape index (κ1) is 11.1. The van der Waals surface area contributed by atoms with Crippen LogP contribution in [0.2, 0.25) is 0 Å². The van der Waals surface area contributed by atoms with Gasteiger partial charge in [0.15, 0.2) is 0 Å². The van der Waals surface area contributed by atoms with Gasteiger partial charge in [0.25, 0.3) is 0 Å². The van der Waals surface area contributed by atoms with Crippen molar-refractivity contribution in [2.75, 3.05) is 0 Å². The fraction of sp³-hybridized carbons (Fsp3) is 0.500. The maximum Gasteiger partial charge on any atom is 0.127 e. The molecule has 2 rings (SSSR count). The van der Waals surface area contributed by atoms with Gasteiger partial charge < -0.3 is 5.32 Å². The Bertz CT molecular complexity index is 334. The van der Waals surface area contributed by atoms with Crippen molar-refractivity contribution in [3.63, 3.8) is 0 Å². The van der Waals surface area contributed by atoms with Crippen LogP contribution in [0.5, 0.6) is 0 Å². The molecule has 0 radical (unpaired) electrons. The lowest BCUT2D eigenvalue weighted by molar-refractivity contribution is 0.508. The van der Waals surface area contributed by atoms with Crippen LogP contribution < -0.4 is 5.32 Å². The lowest BCUT2D eigenvalue weighted by Crippen LogP contribution is -2.25. The molecule has 3 heteroatoms. The Kier molecular flexibility index (Phi) is 3.76. The van der Waals surface area contributed by atoms with Gasteiger partial charge in [-0.25, -0.2) is 4.39 Å². The van der Waals surface area contributed by atoms with Gasteiger partial charge in [-0.3, -0.25) is 0 Å². The van der Waals surface area contributed by atoms with Crippen LogP contribution in [0.4, 0.5) is 4.39 Å². The first-order valence-electron chi connectivity index (χ1n) is 5.43. The van der Waals surface area contributed by atoms with Crippen LogP contribution in [-0.4, -0.2) is 6.04 Å². The van der Waals surface area contributed by atoms with Crippen molar-refractivity contribution in [2.24, 2.45) is 0 Å². The van der Waals surface area contributed by atoms with Crippen LogP contribution in [-0.2, 0) is 6.54 Å². The Morgan fingerprint density at radius 2 is 2.07 bits per heavy atom. The van der Waals surface area contributed by atoms with Gasteiger partial charge in [-0.15, -0.1) is 0 Å². The second-order valence-electron chi connectivity index (χ2n) is 4.10. The maximum atomic E-state index is 13.4. The molecule has 1 aromatic carbocycles. The molecule has 0 unspecified atom stereocenters. The molecule has 1 fully saturated rings. The molecule has 1 nitrogen and oxygen atoms in total. The summed E-state index contributed by atoms with van der Waals surface area (Å²) in [5, 5.41) is 3.41. The molecule has 0 spiro atoms. The lowest BCUT2D eigenvalue weighted by Gasteiger charge is -2.12. The van der Waals surface area contributed by atoms with Crippen LogP contribution in [0.1, 0.15) is 31.2 Å². The van der Waals surface area contributed by atoms with Gasteiger partial charge in [0.1, 0.15) is 5.82 Å². The van der Waals surface area contributed by atoms with E-state index in [0.29, 0.717) is 12.6 Å². The van der Waals surface area contributed by atoms with E-state index in [1.807, 2.05) is 6.07 Å². The molecule has 0 aliphatic heterocycles. The molecule has 0 bridgehead atoms. The van der Waals surface area contributed by atoms with E-state index in [0.717, 1.165) is 10.0 Å². The average molecular weight is 272 g/mol. The molecule has 1 aromatic rings. The molecular weight excluding hydrogens is 257 g/mol. The van der Waals surface area contributed by atoms with Gasteiger partial charge in [0.05, 0.1) is 0 Å². The highest BCUT2D eigenvalue weighted by molar-refractivity contribution is 9.10. The predicted octanol–water partition coefficient (Wildman–Crippen LogP) is 3.62. The minimum Gasteiger partial charge on any atom is -0.310 e. The number of hydrogen-bond donors (Lipinski definition) is 1. The Morgan fingerprint density at radius 1 is 1.33 bits per heavy atom. The van der Waals surface area contributed by atoms with Crippen molar-refractivity contribution >= 4 is 15.9 Å². The minimum absolute atomic E-state index is 0.122. The molecule has 15 heavy (non-hydrogen) atoms. The zero-order valence-electron chi connectivity index (χ0n) is 8.60. The summed E-state index contributed by atoms with van der Waals surface area (Å²) in [6.07, 6.45) is 5.07. The highest BCUT2D eigenvalue weighted by Crippen LogP contribution is 2.19. The summed E-state index contributed by atoms with van der Waals surface area (Å²) in [4.78, 5) is 0. The zero-order chi connectivity index (χ0) is 10.7. The van der Waals surface area contributed by atoms with Gasteiger partial charge in [0, 0.05) is 22.6 Å². The molecule has 1 N–H and O–H groups in total. The Labute approximate surface area is 98.2 Å². The Balaban J connectivity index is 1.94. The number of nitrogens with one attached hydrogen (secondary N) is 1. The molecule has 1 aliphatic rings. The summed E-state index contributed by atoms with van der Waals surface area (Å²) in [5.74, 6) is -0.122. The maximum absolute atomic E-state index is 13.4. The van der Waals surface area contributed by atoms with Gasteiger partial charge in [0.2, 0.25) is 0 Å². The van der Waals surface area contributed by atoms with Crippen LogP contribution >= 0.6 is 15.9 Å². The van der Waals surface area contributed by atoms with Gasteiger partial charge in [-0.2, -0.15) is 0 Å². The molecule has 0 aromatic heterocycles. The largest absolute Gasteiger partial charge is 0.310 e. The van der Waals surface area contributed by atoms with Crippen LogP contribution in [0, 0.1) is 5.82 Å². The number of rotatable bonds is 3. The molecule has 1 saturated carbocycles. The first-order chi connectivity index (χ1) is 7.25. The van der Waals surface area contributed by atoms with Crippen molar-refractivity contribution in [3.8, 4) is 0 Å². The van der Waals surface area contributed by atoms with Gasteiger partial charge >= 0.3 is 0 Å². The summed E-state index contributed by atoms with van der Waals surface area (Å²) in [5.41, 5.74) is 0.747. The van der Waals surface area contributed by atoms with Crippen molar-refractivity contribution in [1.82, 2.24) is 5.32 Å². The van der Waals surface area contributed by atoms with E-state index >= 15 is 0 Å². The molecule has 0 atom stereocenters. The van der Waals surface area contributed by atoms with E-state index in [1.54, 1.807) is 6.07 Å². The number of hydrogen-bond acceptors (Lipinski definition) is 1. The molecule has 1 aliphatic carbocycles. The smallest absolute Gasteiger partial charge is 0.127 e. The normalized spacial score (nSPS) is 17.2. The summed E-state index contributed by atoms with van der Waals surface area (Å²) in [7, 11) is 0. The SMILES string of the molecule is Fc1ccc(Br)cc1CNC1CCCC1. The lowest BCUT2D eigenvalue weighted by atomic mass is 10.2. The van der Waals surface area contributed by atoms with Crippen LogP contribution in [0.15, 0.2) is 22.7 Å². The summed E-state index contributed by atoms with van der Waals surface area (Å²) < 4.78 is 14.3. The Hall–Kier alpha value is -0.410. The topological polar surface area (TPSA) is 12.0 Å². The second kappa shape index (κ2) is 5.08. The average Bonchev–Trinajstić information content (AvgIpc) is 2.72. The van der Waals surface area contributed by atoms with Crippen LogP contribution in [0.25, 0.3) is 0 Å². The fourth-order valence-electron chi connectivity index (χ4n) is 2.06. The molecule has 0 heterocycles. The third-order valence-corrected chi connectivity index (χ3v) is 3.44. The zero-order valence-corrected chi connectivity index (χ0v) is 10.2. The monoisotopic (exact) mass is 271 g/mol. The van der Waals surface area contributed by atoms with Crippen molar-refractivity contribution in [1.29, 1.82) is 0 Å². The summed E-state index contributed by atoms with van der Waals surface area (Å²) >= 11 is 3.36. The fourth-order valence-corrected chi connectivity index (χ4v) is 2.47. The third-order valence-electron chi connectivity index (χ3n) is 2.94. The van der Waals surface area contributed by atoms with E-state index in [1.165, 1.54) is 31.7 Å². The molecule has 0 saturated heterocycles. The Morgan fingerprint density at radius 3 is 2.80 bits per heavy atom. The van der Waals surface area contributed by atoms with Crippen LogP contribution in [0.3, 0.4) is 0 Å². The van der Waals surface area contributed by atoms with E-state index in [4.69, 9.17) is 0 Å². The predicted molar refractivity (Wildman–Crippen MR) is 63.2 cm³/mol. The van der Waals surface area contributed by atoms with E-state index in [-0.39, 0.29) is 5.82 Å². The quantitative estimate of drug-likeness (QED) is 0.886. The molecular formula is C12H15BrFN. The first-order valence-corrected chi connectivity index (χ1v) is 6.22. The second-order valence-corrected chi connectivity index (χ2v) is 5.01. The standard InChI is InChI=1S/C12H15BrFN/c13-10-5-6-12(14)9(7-10)8-15-11-3-1-2-4-11/h5-7,11,15H,1-4,8H2. The highest BCUT2D eigenvalue weighted by Gasteiger charge is 2.14. The van der Waals surface area contributed by atoms with Gasteiger partial charge in [-0.1, -0.05) is 28.8 Å². The third kappa shape index (κ3) is 3.02. The summed E-state index contributed by atoms with van der Waals surface area (Å²) in [6.45, 7) is 0.635. The number of halogens is 2. The van der Waals surface area contributed by atoms with Crippen molar-refractivity contribution in [3.05, 3.63) is 34.1 Å². The van der Waals surface area contributed by atoms with Crippen molar-refractivity contribution < 1.29 is 4.39 Å². The van der Waals surface area contributed by atoms with E-state index in [2.05, 4.69) is 21.2 Å². The number of benzene rings is 1. The molecule has 82 valence electrons. The van der Waals surface area contributed by atoms with Gasteiger partial charge in [-0.05, 0) is 31.0 Å². The summed E-state index contributed by atoms with van der Waals surface area (Å²) in [6, 6.07) is 5.67. The van der Waals surface area contributed by atoms with Crippen molar-refractivity contribution in [2.45, 2.75) is 38.3 Å².